The van der Waals surface area contributed by atoms with E-state index in [2.05, 4.69) is 25.3 Å². The third-order valence-electron chi connectivity index (χ3n) is 4.98. The van der Waals surface area contributed by atoms with Crippen LogP contribution in [0.4, 0.5) is 11.8 Å². The first-order valence-corrected chi connectivity index (χ1v) is 10.7. The summed E-state index contributed by atoms with van der Waals surface area (Å²) in [6.45, 7) is 3.78. The van der Waals surface area contributed by atoms with Crippen molar-refractivity contribution in [1.82, 2.24) is 29.3 Å². The Labute approximate surface area is 185 Å². The number of benzene rings is 1. The molecule has 4 heterocycles. The van der Waals surface area contributed by atoms with Gasteiger partial charge in [-0.1, -0.05) is 29.8 Å². The molecule has 0 fully saturated rings. The lowest BCUT2D eigenvalue weighted by Crippen LogP contribution is -2.23. The third kappa shape index (κ3) is 3.20. The van der Waals surface area contributed by atoms with Crippen molar-refractivity contribution in [2.24, 2.45) is 0 Å². The number of imidazole rings is 1. The first-order valence-electron chi connectivity index (χ1n) is 9.43. The second kappa shape index (κ2) is 7.33. The number of hydrogen-bond acceptors (Lipinski definition) is 8. The van der Waals surface area contributed by atoms with Crippen molar-refractivity contribution in [3.63, 3.8) is 0 Å². The molecule has 0 aliphatic heterocycles. The molecular weight excluding hydrogens is 436 g/mol. The van der Waals surface area contributed by atoms with Crippen molar-refractivity contribution in [3.05, 3.63) is 62.7 Å². The second-order valence-electron chi connectivity index (χ2n) is 7.05. The number of anilines is 2. The van der Waals surface area contributed by atoms with Gasteiger partial charge in [0.05, 0.1) is 23.6 Å². The lowest BCUT2D eigenvalue weighted by Gasteiger charge is -2.18. The molecule has 1 atom stereocenters. The minimum atomic E-state index is -0.396. The predicted octanol–water partition coefficient (Wildman–Crippen LogP) is 3.81. The van der Waals surface area contributed by atoms with Crippen LogP contribution in [0.5, 0.6) is 0 Å². The molecule has 0 unspecified atom stereocenters. The summed E-state index contributed by atoms with van der Waals surface area (Å²) in [7, 11) is 0. The number of nitrogens with zero attached hydrogens (tertiary/aromatic N) is 5. The van der Waals surface area contributed by atoms with Crippen LogP contribution < -0.4 is 16.6 Å². The van der Waals surface area contributed by atoms with E-state index in [9.17, 15) is 4.79 Å². The molecule has 0 saturated heterocycles. The number of H-pyrrole nitrogens is 1. The number of nitrogens with one attached hydrogen (secondary N) is 2. The Hall–Kier alpha value is -3.50. The molecule has 5 aromatic rings. The molecule has 4 N–H and O–H groups in total. The lowest BCUT2D eigenvalue weighted by molar-refractivity contribution is 0.826. The van der Waals surface area contributed by atoms with E-state index < -0.39 is 6.04 Å². The monoisotopic (exact) mass is 452 g/mol. The van der Waals surface area contributed by atoms with Crippen LogP contribution in [0.1, 0.15) is 24.4 Å². The molecule has 0 aliphatic rings. The molecule has 156 valence electrons. The third-order valence-corrected chi connectivity index (χ3v) is 6.25. The van der Waals surface area contributed by atoms with Crippen molar-refractivity contribution in [2.45, 2.75) is 19.9 Å². The van der Waals surface area contributed by atoms with Gasteiger partial charge < -0.3 is 16.0 Å². The fourth-order valence-corrected chi connectivity index (χ4v) is 4.65. The molecule has 5 rings (SSSR count). The highest BCUT2D eigenvalue weighted by molar-refractivity contribution is 7.15. The van der Waals surface area contributed by atoms with Crippen LogP contribution in [-0.4, -0.2) is 29.3 Å². The molecule has 9 nitrogen and oxygen atoms in total. The van der Waals surface area contributed by atoms with Crippen molar-refractivity contribution in [1.29, 1.82) is 0 Å². The minimum absolute atomic E-state index is 0.0954. The van der Waals surface area contributed by atoms with Crippen LogP contribution in [0.25, 0.3) is 27.3 Å². The van der Waals surface area contributed by atoms with Crippen molar-refractivity contribution >= 4 is 50.8 Å². The maximum Gasteiger partial charge on any atom is 0.267 e. The van der Waals surface area contributed by atoms with Crippen LogP contribution in [0.3, 0.4) is 0 Å². The number of halogens is 1. The number of aromatic amines is 1. The fourth-order valence-electron chi connectivity index (χ4n) is 3.56. The Kier molecular flexibility index (Phi) is 4.60. The molecule has 0 bridgehead atoms. The highest BCUT2D eigenvalue weighted by Crippen LogP contribution is 2.32. The Morgan fingerprint density at radius 1 is 1.26 bits per heavy atom. The van der Waals surface area contributed by atoms with Crippen LogP contribution in [0, 0.1) is 6.92 Å². The van der Waals surface area contributed by atoms with Gasteiger partial charge in [-0.15, -0.1) is 11.3 Å². The van der Waals surface area contributed by atoms with Crippen molar-refractivity contribution < 1.29 is 0 Å². The van der Waals surface area contributed by atoms with Crippen LogP contribution in [0.2, 0.25) is 5.02 Å². The van der Waals surface area contributed by atoms with Gasteiger partial charge in [0.25, 0.3) is 5.56 Å². The van der Waals surface area contributed by atoms with E-state index in [1.165, 1.54) is 17.7 Å². The van der Waals surface area contributed by atoms with Gasteiger partial charge in [0.1, 0.15) is 5.52 Å². The Balaban J connectivity index is 1.72. The SMILES string of the molecule is Cc1csc2nc([C@@H](C)Nc3nc(N)nc4nc[nH]c34)c(-c3ccccc3Cl)c(=O)n12. The zero-order chi connectivity index (χ0) is 21.7. The summed E-state index contributed by atoms with van der Waals surface area (Å²) in [4.78, 5) is 34.5. The van der Waals surface area contributed by atoms with Crippen LogP contribution in [0.15, 0.2) is 40.8 Å². The molecule has 11 heteroatoms. The zero-order valence-electron chi connectivity index (χ0n) is 16.5. The molecular formula is C20H17ClN8OS. The fraction of sp³-hybridized carbons (Fsp3) is 0.150. The highest BCUT2D eigenvalue weighted by Gasteiger charge is 2.23. The number of aryl methyl sites for hydroxylation is 1. The van der Waals surface area contributed by atoms with Gasteiger partial charge in [0.2, 0.25) is 5.95 Å². The number of thiazole rings is 1. The summed E-state index contributed by atoms with van der Waals surface area (Å²) in [5.74, 6) is 0.569. The molecule has 0 spiro atoms. The maximum atomic E-state index is 13.5. The molecule has 31 heavy (non-hydrogen) atoms. The van der Waals surface area contributed by atoms with Gasteiger partial charge in [0, 0.05) is 21.7 Å². The molecule has 0 saturated carbocycles. The quantitative estimate of drug-likeness (QED) is 0.378. The smallest absolute Gasteiger partial charge is 0.267 e. The van der Waals surface area contributed by atoms with Crippen LogP contribution >= 0.6 is 22.9 Å². The summed E-state index contributed by atoms with van der Waals surface area (Å²) in [5.41, 5.74) is 9.18. The molecule has 4 aromatic heterocycles. The van der Waals surface area contributed by atoms with Gasteiger partial charge in [-0.2, -0.15) is 9.97 Å². The summed E-state index contributed by atoms with van der Waals surface area (Å²) < 4.78 is 1.61. The average molecular weight is 453 g/mol. The Bertz CT molecular complexity index is 1500. The maximum absolute atomic E-state index is 13.5. The number of hydrogen-bond donors (Lipinski definition) is 3. The topological polar surface area (TPSA) is 127 Å². The predicted molar refractivity (Wildman–Crippen MR) is 123 cm³/mol. The number of aromatic nitrogens is 6. The summed E-state index contributed by atoms with van der Waals surface area (Å²) in [5, 5.41) is 5.69. The van der Waals surface area contributed by atoms with E-state index in [0.29, 0.717) is 43.8 Å². The summed E-state index contributed by atoms with van der Waals surface area (Å²) >= 11 is 7.88. The van der Waals surface area contributed by atoms with Gasteiger partial charge in [-0.25, -0.2) is 9.97 Å². The van der Waals surface area contributed by atoms with E-state index >= 15 is 0 Å². The highest BCUT2D eigenvalue weighted by atomic mass is 35.5. The number of fused-ring (bicyclic) bond motifs is 2. The zero-order valence-corrected chi connectivity index (χ0v) is 18.1. The van der Waals surface area contributed by atoms with E-state index in [1.54, 1.807) is 10.5 Å². The van der Waals surface area contributed by atoms with Crippen LogP contribution in [-0.2, 0) is 0 Å². The average Bonchev–Trinajstić information content (AvgIpc) is 3.35. The van der Waals surface area contributed by atoms with E-state index in [-0.39, 0.29) is 11.5 Å². The first kappa shape index (κ1) is 19.5. The van der Waals surface area contributed by atoms with E-state index in [0.717, 1.165) is 5.69 Å². The van der Waals surface area contributed by atoms with Gasteiger partial charge in [-0.05, 0) is 19.9 Å². The summed E-state index contributed by atoms with van der Waals surface area (Å²) in [6.07, 6.45) is 1.52. The van der Waals surface area contributed by atoms with Crippen molar-refractivity contribution in [2.75, 3.05) is 11.1 Å². The standard InChI is InChI=1S/C20H17ClN8OS/c1-9-7-31-20-26-14(13(18(30)29(9)20)11-5-3-4-6-12(11)21)10(2)25-17-15-16(24-8-23-15)27-19(22)28-17/h3-8,10H,1-2H3,(H4,22,23,24,25,27,28)/t10-/m1/s1. The molecule has 1 aromatic carbocycles. The molecule has 0 radical (unpaired) electrons. The van der Waals surface area contributed by atoms with Gasteiger partial charge in [0.15, 0.2) is 16.4 Å². The molecule has 0 aliphatic carbocycles. The Morgan fingerprint density at radius 2 is 2.06 bits per heavy atom. The van der Waals surface area contributed by atoms with Crippen molar-refractivity contribution in [3.8, 4) is 11.1 Å². The number of rotatable bonds is 4. The largest absolute Gasteiger partial charge is 0.368 e. The summed E-state index contributed by atoms with van der Waals surface area (Å²) in [6, 6.07) is 6.85. The Morgan fingerprint density at radius 3 is 2.87 bits per heavy atom. The first-order chi connectivity index (χ1) is 14.9. The van der Waals surface area contributed by atoms with E-state index in [4.69, 9.17) is 22.3 Å². The second-order valence-corrected chi connectivity index (χ2v) is 8.29. The minimum Gasteiger partial charge on any atom is -0.368 e. The normalized spacial score (nSPS) is 12.5. The van der Waals surface area contributed by atoms with Gasteiger partial charge in [-0.3, -0.25) is 9.20 Å². The molecule has 0 amide bonds. The lowest BCUT2D eigenvalue weighted by atomic mass is 10.0. The van der Waals surface area contributed by atoms with E-state index in [1.807, 2.05) is 37.4 Å². The number of nitrogen functional groups attached to an aromatic ring is 1. The van der Waals surface area contributed by atoms with Gasteiger partial charge >= 0.3 is 0 Å². The number of nitrogens with two attached hydrogens (primary N) is 1.